The molecule has 0 bridgehead atoms. The van der Waals surface area contributed by atoms with Crippen LogP contribution >= 0.6 is 22.6 Å². The van der Waals surface area contributed by atoms with Crippen molar-refractivity contribution < 1.29 is 13.9 Å². The van der Waals surface area contributed by atoms with E-state index in [0.717, 1.165) is 6.42 Å². The van der Waals surface area contributed by atoms with Gasteiger partial charge in [0, 0.05) is 9.13 Å². The lowest BCUT2D eigenvalue weighted by molar-refractivity contribution is 0.102. The van der Waals surface area contributed by atoms with E-state index in [1.165, 1.54) is 12.1 Å². The minimum absolute atomic E-state index is 0.249. The first-order valence-corrected chi connectivity index (χ1v) is 7.67. The molecule has 0 heterocycles. The predicted molar refractivity (Wildman–Crippen MR) is 89.3 cm³/mol. The van der Waals surface area contributed by atoms with Gasteiger partial charge in [0.25, 0.3) is 5.91 Å². The molecule has 2 aromatic rings. The van der Waals surface area contributed by atoms with Crippen LogP contribution in [0.15, 0.2) is 42.5 Å². The Hall–Kier alpha value is -1.63. The Balaban J connectivity index is 2.12. The lowest BCUT2D eigenvalue weighted by Crippen LogP contribution is -2.13. The van der Waals surface area contributed by atoms with Crippen molar-refractivity contribution in [2.45, 2.75) is 13.3 Å². The van der Waals surface area contributed by atoms with Crippen LogP contribution in [0.2, 0.25) is 0 Å². The number of amides is 1. The van der Waals surface area contributed by atoms with Gasteiger partial charge in [0.2, 0.25) is 0 Å². The summed E-state index contributed by atoms with van der Waals surface area (Å²) in [5.41, 5.74) is 1.09. The molecule has 2 rings (SSSR count). The van der Waals surface area contributed by atoms with Crippen molar-refractivity contribution in [2.24, 2.45) is 0 Å². The van der Waals surface area contributed by atoms with E-state index in [-0.39, 0.29) is 11.7 Å². The summed E-state index contributed by atoms with van der Waals surface area (Å²) in [7, 11) is 0. The highest BCUT2D eigenvalue weighted by atomic mass is 127. The lowest BCUT2D eigenvalue weighted by Gasteiger charge is -2.09. The molecule has 21 heavy (non-hydrogen) atoms. The van der Waals surface area contributed by atoms with Gasteiger partial charge in [0.05, 0.1) is 12.3 Å². The maximum absolute atomic E-state index is 13.0. The summed E-state index contributed by atoms with van der Waals surface area (Å²) in [5, 5.41) is 2.77. The van der Waals surface area contributed by atoms with E-state index < -0.39 is 0 Å². The average Bonchev–Trinajstić information content (AvgIpc) is 2.48. The molecule has 5 heteroatoms. The largest absolute Gasteiger partial charge is 0.494 e. The number of halogens is 2. The van der Waals surface area contributed by atoms with E-state index in [0.29, 0.717) is 27.2 Å². The van der Waals surface area contributed by atoms with Crippen molar-refractivity contribution in [3.05, 3.63) is 57.4 Å². The molecular weight excluding hydrogens is 384 g/mol. The fraction of sp³-hybridized carbons (Fsp3) is 0.188. The number of hydrogen-bond acceptors (Lipinski definition) is 2. The summed E-state index contributed by atoms with van der Waals surface area (Å²) >= 11 is 1.98. The Morgan fingerprint density at radius 1 is 1.29 bits per heavy atom. The fourth-order valence-electron chi connectivity index (χ4n) is 1.73. The smallest absolute Gasteiger partial charge is 0.255 e. The first-order chi connectivity index (χ1) is 10.1. The molecule has 0 saturated carbocycles. The summed E-state index contributed by atoms with van der Waals surface area (Å²) < 4.78 is 19.2. The normalized spacial score (nSPS) is 10.2. The molecule has 0 saturated heterocycles. The Labute approximate surface area is 136 Å². The molecule has 3 nitrogen and oxygen atoms in total. The van der Waals surface area contributed by atoms with Gasteiger partial charge in [0.1, 0.15) is 11.6 Å². The highest BCUT2D eigenvalue weighted by Crippen LogP contribution is 2.21. The minimum atomic E-state index is -0.327. The van der Waals surface area contributed by atoms with Gasteiger partial charge in [-0.25, -0.2) is 4.39 Å². The minimum Gasteiger partial charge on any atom is -0.494 e. The first kappa shape index (κ1) is 15.8. The third-order valence-electron chi connectivity index (χ3n) is 2.75. The maximum Gasteiger partial charge on any atom is 0.255 e. The van der Waals surface area contributed by atoms with Crippen molar-refractivity contribution >= 4 is 34.2 Å². The number of nitrogens with one attached hydrogen (secondary N) is 1. The lowest BCUT2D eigenvalue weighted by atomic mass is 10.2. The van der Waals surface area contributed by atoms with Crippen LogP contribution in [0.1, 0.15) is 23.7 Å². The summed E-state index contributed by atoms with van der Waals surface area (Å²) in [5.74, 6) is 0.0899. The molecular formula is C16H15FINO2. The van der Waals surface area contributed by atoms with Crippen LogP contribution in [0.3, 0.4) is 0 Å². The van der Waals surface area contributed by atoms with E-state index in [4.69, 9.17) is 4.74 Å². The van der Waals surface area contributed by atoms with E-state index in [2.05, 4.69) is 5.32 Å². The molecule has 0 fully saturated rings. The molecule has 110 valence electrons. The molecule has 0 atom stereocenters. The molecule has 0 unspecified atom stereocenters. The fourth-order valence-corrected chi connectivity index (χ4v) is 2.34. The monoisotopic (exact) mass is 399 g/mol. The van der Waals surface area contributed by atoms with Crippen molar-refractivity contribution in [1.29, 1.82) is 0 Å². The number of benzene rings is 2. The zero-order chi connectivity index (χ0) is 15.2. The zero-order valence-corrected chi connectivity index (χ0v) is 13.7. The van der Waals surface area contributed by atoms with Crippen LogP contribution in [-0.4, -0.2) is 12.5 Å². The highest BCUT2D eigenvalue weighted by molar-refractivity contribution is 14.1. The number of anilines is 1. The standard InChI is InChI=1S/C16H15FINO2/c1-2-8-21-13-5-3-4-11(9-13)16(20)19-15-7-6-12(17)10-14(15)18/h3-7,9-10H,2,8H2,1H3,(H,19,20). The van der Waals surface area contributed by atoms with Gasteiger partial charge in [-0.15, -0.1) is 0 Å². The van der Waals surface area contributed by atoms with E-state index in [1.807, 2.05) is 35.6 Å². The maximum atomic E-state index is 13.0. The number of carbonyl (C=O) groups excluding carboxylic acids is 1. The Morgan fingerprint density at radius 2 is 2.10 bits per heavy atom. The van der Waals surface area contributed by atoms with Crippen LogP contribution in [-0.2, 0) is 0 Å². The van der Waals surface area contributed by atoms with Crippen LogP contribution in [0.25, 0.3) is 0 Å². The van der Waals surface area contributed by atoms with Crippen LogP contribution in [0.4, 0.5) is 10.1 Å². The molecule has 0 radical (unpaired) electrons. The number of carbonyl (C=O) groups is 1. The van der Waals surface area contributed by atoms with Crippen LogP contribution in [0, 0.1) is 9.39 Å². The average molecular weight is 399 g/mol. The molecule has 1 N–H and O–H groups in total. The van der Waals surface area contributed by atoms with E-state index in [1.54, 1.807) is 24.3 Å². The van der Waals surface area contributed by atoms with E-state index >= 15 is 0 Å². The number of ether oxygens (including phenoxy) is 1. The van der Waals surface area contributed by atoms with Gasteiger partial charge >= 0.3 is 0 Å². The highest BCUT2D eigenvalue weighted by Gasteiger charge is 2.09. The molecule has 0 aromatic heterocycles. The zero-order valence-electron chi connectivity index (χ0n) is 11.5. The number of hydrogen-bond donors (Lipinski definition) is 1. The third-order valence-corrected chi connectivity index (χ3v) is 3.64. The SMILES string of the molecule is CCCOc1cccc(C(=O)Nc2ccc(F)cc2I)c1. The Morgan fingerprint density at radius 3 is 2.81 bits per heavy atom. The summed E-state index contributed by atoms with van der Waals surface area (Å²) in [4.78, 5) is 12.2. The molecule has 0 aliphatic heterocycles. The van der Waals surface area contributed by atoms with E-state index in [9.17, 15) is 9.18 Å². The summed E-state index contributed by atoms with van der Waals surface area (Å²) in [6, 6.07) is 11.2. The summed E-state index contributed by atoms with van der Waals surface area (Å²) in [6.07, 6.45) is 0.907. The van der Waals surface area contributed by atoms with Gasteiger partial charge in [0.15, 0.2) is 0 Å². The second-order valence-electron chi connectivity index (χ2n) is 4.45. The van der Waals surface area contributed by atoms with Crippen LogP contribution < -0.4 is 10.1 Å². The van der Waals surface area contributed by atoms with Gasteiger partial charge in [-0.1, -0.05) is 13.0 Å². The molecule has 1 amide bonds. The molecule has 0 aliphatic carbocycles. The first-order valence-electron chi connectivity index (χ1n) is 6.59. The number of rotatable bonds is 5. The van der Waals surface area contributed by atoms with Gasteiger partial charge < -0.3 is 10.1 Å². The third kappa shape index (κ3) is 4.42. The topological polar surface area (TPSA) is 38.3 Å². The summed E-state index contributed by atoms with van der Waals surface area (Å²) in [6.45, 7) is 2.63. The Kier molecular flexibility index (Phi) is 5.55. The van der Waals surface area contributed by atoms with Gasteiger partial charge in [-0.2, -0.15) is 0 Å². The van der Waals surface area contributed by atoms with Crippen molar-refractivity contribution in [3.8, 4) is 5.75 Å². The second-order valence-corrected chi connectivity index (χ2v) is 5.62. The molecule has 0 aliphatic rings. The van der Waals surface area contributed by atoms with Crippen molar-refractivity contribution in [2.75, 3.05) is 11.9 Å². The van der Waals surface area contributed by atoms with Gasteiger partial charge in [-0.3, -0.25) is 4.79 Å². The molecule has 0 spiro atoms. The van der Waals surface area contributed by atoms with Crippen molar-refractivity contribution in [1.82, 2.24) is 0 Å². The predicted octanol–water partition coefficient (Wildman–Crippen LogP) is 4.47. The van der Waals surface area contributed by atoms with Crippen LogP contribution in [0.5, 0.6) is 5.75 Å². The quantitative estimate of drug-likeness (QED) is 0.754. The Bertz CT molecular complexity index is 646. The second kappa shape index (κ2) is 7.40. The van der Waals surface area contributed by atoms with Crippen molar-refractivity contribution in [3.63, 3.8) is 0 Å². The van der Waals surface area contributed by atoms with Gasteiger partial charge in [-0.05, 0) is 65.4 Å². The molecule has 2 aromatic carbocycles.